The van der Waals surface area contributed by atoms with Gasteiger partial charge in [0.15, 0.2) is 0 Å². The lowest BCUT2D eigenvalue weighted by Gasteiger charge is -2.14. The van der Waals surface area contributed by atoms with Gasteiger partial charge in [0.05, 0.1) is 0 Å². The van der Waals surface area contributed by atoms with Gasteiger partial charge in [0, 0.05) is 31.4 Å². The van der Waals surface area contributed by atoms with E-state index in [2.05, 4.69) is 44.2 Å². The van der Waals surface area contributed by atoms with Crippen LogP contribution >= 0.6 is 23.4 Å². The molecule has 28 heavy (non-hydrogen) atoms. The third-order valence-electron chi connectivity index (χ3n) is 3.64. The largest absolute Gasteiger partial charge is 0.354 e. The second-order valence-electron chi connectivity index (χ2n) is 6.82. The molecule has 0 atom stereocenters. The van der Waals surface area contributed by atoms with Crippen molar-refractivity contribution in [2.75, 3.05) is 30.9 Å². The van der Waals surface area contributed by atoms with Gasteiger partial charge in [-0.3, -0.25) is 0 Å². The molecule has 2 aromatic heterocycles. The monoisotopic (exact) mass is 418 g/mol. The topological polar surface area (TPSA) is 84.7 Å². The summed E-state index contributed by atoms with van der Waals surface area (Å²) in [6.07, 6.45) is 1.62. The molecule has 0 aliphatic heterocycles. The Labute approximate surface area is 173 Å². The van der Waals surface area contributed by atoms with Crippen LogP contribution in [0.25, 0.3) is 5.95 Å². The third-order valence-corrected chi connectivity index (χ3v) is 4.81. The third kappa shape index (κ3) is 5.56. The van der Waals surface area contributed by atoms with Gasteiger partial charge in [-0.05, 0) is 23.6 Å². The first-order valence-corrected chi connectivity index (χ1v) is 10.2. The summed E-state index contributed by atoms with van der Waals surface area (Å²) in [7, 11) is 3.78. The Bertz CT molecular complexity index is 910. The van der Waals surface area contributed by atoms with Gasteiger partial charge in [0.25, 0.3) is 5.95 Å². The molecule has 0 saturated heterocycles. The number of halogens is 1. The molecule has 0 saturated carbocycles. The zero-order valence-electron chi connectivity index (χ0n) is 16.3. The smallest absolute Gasteiger partial charge is 0.258 e. The predicted molar refractivity (Wildman–Crippen MR) is 113 cm³/mol. The summed E-state index contributed by atoms with van der Waals surface area (Å²) < 4.78 is 1.57. The van der Waals surface area contributed by atoms with Crippen LogP contribution < -0.4 is 10.2 Å². The van der Waals surface area contributed by atoms with Crippen molar-refractivity contribution in [2.24, 2.45) is 5.92 Å². The molecular formula is C18H23ClN8S. The van der Waals surface area contributed by atoms with Crippen molar-refractivity contribution in [2.45, 2.75) is 24.8 Å². The summed E-state index contributed by atoms with van der Waals surface area (Å²) in [5.41, 5.74) is 1.15. The van der Waals surface area contributed by atoms with E-state index in [1.54, 1.807) is 22.8 Å². The van der Waals surface area contributed by atoms with E-state index in [1.165, 1.54) is 0 Å². The minimum atomic E-state index is 0.427. The number of aromatic nitrogens is 6. The lowest BCUT2D eigenvalue weighted by molar-refractivity contribution is 0.681. The van der Waals surface area contributed by atoms with Gasteiger partial charge in [-0.2, -0.15) is 19.6 Å². The molecule has 0 radical (unpaired) electrons. The first-order chi connectivity index (χ1) is 13.4. The molecule has 8 nitrogen and oxygen atoms in total. The van der Waals surface area contributed by atoms with Crippen molar-refractivity contribution in [3.05, 3.63) is 41.2 Å². The maximum Gasteiger partial charge on any atom is 0.258 e. The number of rotatable bonds is 8. The molecule has 0 unspecified atom stereocenters. The Balaban J connectivity index is 1.76. The number of benzene rings is 1. The SMILES string of the molecule is CC(C)CNc1nc(N(C)C)nc(-n2cnc(SCc3ccc(Cl)cc3)n2)n1. The molecular weight excluding hydrogens is 396 g/mol. The first kappa shape index (κ1) is 20.3. The second kappa shape index (κ2) is 9.20. The Morgan fingerprint density at radius 1 is 1.14 bits per heavy atom. The number of anilines is 2. The van der Waals surface area contributed by atoms with E-state index in [4.69, 9.17) is 11.6 Å². The van der Waals surface area contributed by atoms with E-state index in [9.17, 15) is 0 Å². The Morgan fingerprint density at radius 2 is 1.89 bits per heavy atom. The van der Waals surface area contributed by atoms with E-state index >= 15 is 0 Å². The summed E-state index contributed by atoms with van der Waals surface area (Å²) in [6.45, 7) is 5.03. The highest BCUT2D eigenvalue weighted by atomic mass is 35.5. The molecule has 0 bridgehead atoms. The van der Waals surface area contributed by atoms with Crippen molar-refractivity contribution in [1.29, 1.82) is 0 Å². The highest BCUT2D eigenvalue weighted by molar-refractivity contribution is 7.98. The highest BCUT2D eigenvalue weighted by Crippen LogP contribution is 2.21. The van der Waals surface area contributed by atoms with Crippen LogP contribution in [0.3, 0.4) is 0 Å². The van der Waals surface area contributed by atoms with Crippen LogP contribution in [0.1, 0.15) is 19.4 Å². The fraction of sp³-hybridized carbons (Fsp3) is 0.389. The first-order valence-electron chi connectivity index (χ1n) is 8.87. The fourth-order valence-electron chi connectivity index (χ4n) is 2.17. The van der Waals surface area contributed by atoms with Crippen molar-refractivity contribution in [3.63, 3.8) is 0 Å². The predicted octanol–water partition coefficient (Wildman–Crippen LogP) is 3.53. The molecule has 1 aromatic carbocycles. The molecule has 0 amide bonds. The highest BCUT2D eigenvalue weighted by Gasteiger charge is 2.12. The Morgan fingerprint density at radius 3 is 2.57 bits per heavy atom. The second-order valence-corrected chi connectivity index (χ2v) is 8.19. The Kier molecular flexibility index (Phi) is 6.69. The number of hydrogen-bond acceptors (Lipinski definition) is 8. The minimum Gasteiger partial charge on any atom is -0.354 e. The van der Waals surface area contributed by atoms with E-state index in [0.29, 0.717) is 28.9 Å². The van der Waals surface area contributed by atoms with E-state index in [1.807, 2.05) is 43.3 Å². The van der Waals surface area contributed by atoms with Crippen LogP contribution in [-0.4, -0.2) is 50.4 Å². The quantitative estimate of drug-likeness (QED) is 0.556. The van der Waals surface area contributed by atoms with Gasteiger partial charge in [0.1, 0.15) is 6.33 Å². The standard InChI is InChI=1S/C18H23ClN8S/c1-12(2)9-20-15-22-16(26(3)4)24-17(23-15)27-11-21-18(25-27)28-10-13-5-7-14(19)8-6-13/h5-8,11-12H,9-10H2,1-4H3,(H,20,22,23,24). The van der Waals surface area contributed by atoms with Crippen LogP contribution in [0.2, 0.25) is 5.02 Å². The normalized spacial score (nSPS) is 11.1. The van der Waals surface area contributed by atoms with Crippen LogP contribution in [0.15, 0.2) is 35.7 Å². The van der Waals surface area contributed by atoms with Gasteiger partial charge >= 0.3 is 0 Å². The average molecular weight is 419 g/mol. The Hall–Kier alpha value is -2.39. The lowest BCUT2D eigenvalue weighted by atomic mass is 10.2. The summed E-state index contributed by atoms with van der Waals surface area (Å²) in [5, 5.41) is 9.11. The summed E-state index contributed by atoms with van der Waals surface area (Å²) in [5.74, 6) is 2.74. The average Bonchev–Trinajstić information content (AvgIpc) is 3.15. The molecule has 1 N–H and O–H groups in total. The van der Waals surface area contributed by atoms with Crippen molar-refractivity contribution in [3.8, 4) is 5.95 Å². The van der Waals surface area contributed by atoms with Crippen LogP contribution in [0.4, 0.5) is 11.9 Å². The van der Waals surface area contributed by atoms with Gasteiger partial charge in [-0.25, -0.2) is 4.98 Å². The van der Waals surface area contributed by atoms with Gasteiger partial charge in [-0.1, -0.05) is 49.3 Å². The number of hydrogen-bond donors (Lipinski definition) is 1. The van der Waals surface area contributed by atoms with E-state index in [-0.39, 0.29) is 0 Å². The molecule has 148 valence electrons. The van der Waals surface area contributed by atoms with Crippen LogP contribution in [0, 0.1) is 5.92 Å². The molecule has 0 aliphatic rings. The van der Waals surface area contributed by atoms with Crippen molar-refractivity contribution >= 4 is 35.3 Å². The van der Waals surface area contributed by atoms with Gasteiger partial charge in [0.2, 0.25) is 17.1 Å². The summed E-state index contributed by atoms with van der Waals surface area (Å²) >= 11 is 7.47. The zero-order chi connectivity index (χ0) is 20.1. The number of nitrogens with one attached hydrogen (secondary N) is 1. The molecule has 3 aromatic rings. The number of nitrogens with zero attached hydrogens (tertiary/aromatic N) is 7. The van der Waals surface area contributed by atoms with Crippen LogP contribution in [-0.2, 0) is 5.75 Å². The molecule has 0 spiro atoms. The molecule has 0 aliphatic carbocycles. The maximum atomic E-state index is 5.92. The summed E-state index contributed by atoms with van der Waals surface area (Å²) in [6, 6.07) is 7.74. The zero-order valence-corrected chi connectivity index (χ0v) is 17.9. The number of thioether (sulfide) groups is 1. The summed E-state index contributed by atoms with van der Waals surface area (Å²) in [4.78, 5) is 19.6. The molecule has 3 rings (SSSR count). The molecule has 10 heteroatoms. The van der Waals surface area contributed by atoms with Crippen molar-refractivity contribution in [1.82, 2.24) is 29.7 Å². The maximum absolute atomic E-state index is 5.92. The van der Waals surface area contributed by atoms with Crippen molar-refractivity contribution < 1.29 is 0 Å². The van der Waals surface area contributed by atoms with E-state index < -0.39 is 0 Å². The minimum absolute atomic E-state index is 0.427. The molecule has 2 heterocycles. The molecule has 0 fully saturated rings. The fourth-order valence-corrected chi connectivity index (χ4v) is 3.05. The van der Waals surface area contributed by atoms with E-state index in [0.717, 1.165) is 22.9 Å². The van der Waals surface area contributed by atoms with Gasteiger partial charge < -0.3 is 10.2 Å². The van der Waals surface area contributed by atoms with Crippen LogP contribution in [0.5, 0.6) is 0 Å². The lowest BCUT2D eigenvalue weighted by Crippen LogP contribution is -2.19. The van der Waals surface area contributed by atoms with Gasteiger partial charge in [-0.15, -0.1) is 5.10 Å².